The Kier molecular flexibility index (Phi) is 7.45. The van der Waals surface area contributed by atoms with Crippen LogP contribution in [-0.2, 0) is 27.8 Å². The molecule has 0 saturated carbocycles. The molecule has 2 aromatic carbocycles. The Morgan fingerprint density at radius 1 is 1.19 bits per heavy atom. The van der Waals surface area contributed by atoms with E-state index in [1.807, 2.05) is 25.1 Å². The quantitative estimate of drug-likeness (QED) is 0.374. The summed E-state index contributed by atoms with van der Waals surface area (Å²) in [5.41, 5.74) is 2.61. The van der Waals surface area contributed by atoms with Gasteiger partial charge in [-0.3, -0.25) is 9.36 Å². The Morgan fingerprint density at radius 3 is 2.72 bits per heavy atom. The van der Waals surface area contributed by atoms with Gasteiger partial charge in [-0.2, -0.15) is 0 Å². The Labute approximate surface area is 210 Å². The van der Waals surface area contributed by atoms with Crippen LogP contribution in [0.1, 0.15) is 45.1 Å². The number of carbonyl (C=O) groups excluding carboxylic acids is 1. The molecule has 36 heavy (non-hydrogen) atoms. The highest BCUT2D eigenvalue weighted by molar-refractivity contribution is 7.89. The Bertz CT molecular complexity index is 1370. The van der Waals surface area contributed by atoms with Gasteiger partial charge in [0.05, 0.1) is 12.6 Å². The van der Waals surface area contributed by atoms with E-state index in [1.54, 1.807) is 24.5 Å². The lowest BCUT2D eigenvalue weighted by Gasteiger charge is -2.18. The molecule has 1 atom stereocenters. The number of ether oxygens (including phenoxy) is 2. The first-order valence-corrected chi connectivity index (χ1v) is 13.2. The standard InChI is InChI=1S/C24H30N6O5S/c1-5-30-23(27-28-24(30)35-19-9-7-17-11-12-25-20(17)14-19)15(3)29-36(32,33)22-13-18(26-16(4)31)8-10-21(22)34-6-2/h7-10,13-15,25,29H,5-6,11-12H2,1-4H3,(H,26,31)/t15-/m1/s1. The maximum absolute atomic E-state index is 13.4. The van der Waals surface area contributed by atoms with Crippen LogP contribution in [0.15, 0.2) is 41.3 Å². The van der Waals surface area contributed by atoms with Crippen LogP contribution in [0.4, 0.5) is 11.4 Å². The van der Waals surface area contributed by atoms with E-state index in [2.05, 4.69) is 25.6 Å². The van der Waals surface area contributed by atoms with Crippen LogP contribution in [0.3, 0.4) is 0 Å². The van der Waals surface area contributed by atoms with E-state index in [0.717, 1.165) is 18.7 Å². The number of rotatable bonds is 10. The third kappa shape index (κ3) is 5.44. The molecule has 0 bridgehead atoms. The molecule has 4 rings (SSSR count). The minimum absolute atomic E-state index is 0.0906. The first-order valence-electron chi connectivity index (χ1n) is 11.8. The SMILES string of the molecule is CCOc1ccc(NC(C)=O)cc1S(=O)(=O)N[C@H](C)c1nnc(Oc2ccc3c(c2)NCC3)n1CC. The number of benzene rings is 2. The van der Waals surface area contributed by atoms with Crippen LogP contribution < -0.4 is 24.8 Å². The topological polar surface area (TPSA) is 136 Å². The van der Waals surface area contributed by atoms with Crippen molar-refractivity contribution in [3.63, 3.8) is 0 Å². The highest BCUT2D eigenvalue weighted by atomic mass is 32.2. The van der Waals surface area contributed by atoms with Gasteiger partial charge >= 0.3 is 6.01 Å². The molecule has 3 aromatic rings. The summed E-state index contributed by atoms with van der Waals surface area (Å²) >= 11 is 0. The van der Waals surface area contributed by atoms with Gasteiger partial charge in [-0.25, -0.2) is 13.1 Å². The number of anilines is 2. The lowest BCUT2D eigenvalue weighted by molar-refractivity contribution is -0.114. The predicted molar refractivity (Wildman–Crippen MR) is 135 cm³/mol. The maximum atomic E-state index is 13.4. The van der Waals surface area contributed by atoms with E-state index in [1.165, 1.54) is 24.6 Å². The molecule has 1 aliphatic heterocycles. The molecule has 0 radical (unpaired) electrons. The van der Waals surface area contributed by atoms with Gasteiger partial charge in [0.1, 0.15) is 16.4 Å². The van der Waals surface area contributed by atoms with Crippen molar-refractivity contribution >= 4 is 27.3 Å². The van der Waals surface area contributed by atoms with Crippen molar-refractivity contribution in [1.29, 1.82) is 0 Å². The molecule has 192 valence electrons. The van der Waals surface area contributed by atoms with Crippen molar-refractivity contribution in [2.75, 3.05) is 23.8 Å². The second-order valence-electron chi connectivity index (χ2n) is 8.30. The van der Waals surface area contributed by atoms with Crippen molar-refractivity contribution in [2.45, 2.75) is 51.6 Å². The molecule has 1 amide bonds. The summed E-state index contributed by atoms with van der Waals surface area (Å²) in [6.07, 6.45) is 0.974. The predicted octanol–water partition coefficient (Wildman–Crippen LogP) is 3.45. The zero-order chi connectivity index (χ0) is 25.9. The third-order valence-electron chi connectivity index (χ3n) is 5.63. The minimum Gasteiger partial charge on any atom is -0.492 e. The fraction of sp³-hybridized carbons (Fsp3) is 0.375. The minimum atomic E-state index is -4.06. The van der Waals surface area contributed by atoms with Crippen LogP contribution in [0.5, 0.6) is 17.5 Å². The van der Waals surface area contributed by atoms with E-state index in [4.69, 9.17) is 9.47 Å². The van der Waals surface area contributed by atoms with E-state index < -0.39 is 16.1 Å². The summed E-state index contributed by atoms with van der Waals surface area (Å²) in [4.78, 5) is 11.4. The number of fused-ring (bicyclic) bond motifs is 1. The molecule has 1 aromatic heterocycles. The summed E-state index contributed by atoms with van der Waals surface area (Å²) in [6.45, 7) is 8.32. The monoisotopic (exact) mass is 514 g/mol. The zero-order valence-corrected chi connectivity index (χ0v) is 21.5. The normalized spacial score (nSPS) is 13.6. The van der Waals surface area contributed by atoms with Gasteiger partial charge in [0, 0.05) is 37.5 Å². The van der Waals surface area contributed by atoms with E-state index >= 15 is 0 Å². The lowest BCUT2D eigenvalue weighted by atomic mass is 10.2. The van der Waals surface area contributed by atoms with Crippen LogP contribution >= 0.6 is 0 Å². The molecule has 0 aliphatic carbocycles. The molecule has 12 heteroatoms. The van der Waals surface area contributed by atoms with Crippen molar-refractivity contribution in [3.05, 3.63) is 47.8 Å². The second kappa shape index (κ2) is 10.5. The van der Waals surface area contributed by atoms with Crippen molar-refractivity contribution in [2.24, 2.45) is 0 Å². The first kappa shape index (κ1) is 25.5. The lowest BCUT2D eigenvalue weighted by Crippen LogP contribution is -2.29. The Balaban J connectivity index is 1.58. The molecule has 3 N–H and O–H groups in total. The van der Waals surface area contributed by atoms with E-state index in [9.17, 15) is 13.2 Å². The summed E-state index contributed by atoms with van der Waals surface area (Å²) < 4.78 is 42.6. The smallest absolute Gasteiger partial charge is 0.322 e. The fourth-order valence-electron chi connectivity index (χ4n) is 4.05. The summed E-state index contributed by atoms with van der Waals surface area (Å²) in [7, 11) is -4.06. The van der Waals surface area contributed by atoms with E-state index in [0.29, 0.717) is 23.8 Å². The Hall–Kier alpha value is -3.64. The zero-order valence-electron chi connectivity index (χ0n) is 20.7. The van der Waals surface area contributed by atoms with Crippen molar-refractivity contribution < 1.29 is 22.7 Å². The molecule has 0 fully saturated rings. The maximum Gasteiger partial charge on any atom is 0.322 e. The largest absolute Gasteiger partial charge is 0.492 e. The molecule has 0 unspecified atom stereocenters. The molecule has 1 aliphatic rings. The second-order valence-corrected chi connectivity index (χ2v) is 9.98. The van der Waals surface area contributed by atoms with Gasteiger partial charge in [0.15, 0.2) is 5.82 Å². The number of carbonyl (C=O) groups is 1. The highest BCUT2D eigenvalue weighted by Gasteiger charge is 2.27. The number of hydrogen-bond donors (Lipinski definition) is 3. The molecule has 2 heterocycles. The Morgan fingerprint density at radius 2 is 2.00 bits per heavy atom. The van der Waals surface area contributed by atoms with Gasteiger partial charge in [0.25, 0.3) is 0 Å². The highest BCUT2D eigenvalue weighted by Crippen LogP contribution is 2.31. The number of sulfonamides is 1. The van der Waals surface area contributed by atoms with Gasteiger partial charge in [-0.1, -0.05) is 11.2 Å². The summed E-state index contributed by atoms with van der Waals surface area (Å²) in [5, 5.41) is 14.3. The number of aromatic nitrogens is 3. The van der Waals surface area contributed by atoms with Crippen LogP contribution in [0, 0.1) is 0 Å². The molecule has 0 saturated heterocycles. The number of amides is 1. The molecular formula is C24H30N6O5S. The fourth-order valence-corrected chi connectivity index (χ4v) is 5.43. The van der Waals surface area contributed by atoms with Crippen molar-refractivity contribution in [3.8, 4) is 17.5 Å². The van der Waals surface area contributed by atoms with Crippen LogP contribution in [0.25, 0.3) is 0 Å². The summed E-state index contributed by atoms with van der Waals surface area (Å²) in [6, 6.07) is 9.80. The van der Waals surface area contributed by atoms with Crippen LogP contribution in [0.2, 0.25) is 0 Å². The van der Waals surface area contributed by atoms with Crippen molar-refractivity contribution in [1.82, 2.24) is 19.5 Å². The third-order valence-corrected chi connectivity index (χ3v) is 7.20. The van der Waals surface area contributed by atoms with Gasteiger partial charge in [-0.05, 0) is 57.0 Å². The van der Waals surface area contributed by atoms with E-state index in [-0.39, 0.29) is 29.2 Å². The average Bonchev–Trinajstić information content (AvgIpc) is 3.46. The van der Waals surface area contributed by atoms with Gasteiger partial charge in [0.2, 0.25) is 15.9 Å². The number of nitrogens with zero attached hydrogens (tertiary/aromatic N) is 3. The average molecular weight is 515 g/mol. The van der Waals surface area contributed by atoms with Gasteiger partial charge in [-0.15, -0.1) is 5.10 Å². The van der Waals surface area contributed by atoms with Gasteiger partial charge < -0.3 is 20.1 Å². The molecule has 0 spiro atoms. The molecular weight excluding hydrogens is 484 g/mol. The molecule has 11 nitrogen and oxygen atoms in total. The number of nitrogens with one attached hydrogen (secondary N) is 3. The summed E-state index contributed by atoms with van der Waals surface area (Å²) in [5.74, 6) is 0.872. The number of hydrogen-bond acceptors (Lipinski definition) is 8. The first-order chi connectivity index (χ1) is 17.2. The van der Waals surface area contributed by atoms with Crippen LogP contribution in [-0.4, -0.2) is 42.2 Å².